The van der Waals surface area contributed by atoms with Crippen LogP contribution in [0.15, 0.2) is 18.2 Å². The molecule has 3 N–H and O–H groups in total. The minimum Gasteiger partial charge on any atom is -0.507 e. The van der Waals surface area contributed by atoms with Crippen LogP contribution in [0.3, 0.4) is 0 Å². The molecule has 0 radical (unpaired) electrons. The maximum absolute atomic E-state index is 12.0. The van der Waals surface area contributed by atoms with Gasteiger partial charge in [0, 0.05) is 17.7 Å². The first-order valence-electron chi connectivity index (χ1n) is 6.45. The van der Waals surface area contributed by atoms with Crippen molar-refractivity contribution >= 4 is 17.6 Å². The fourth-order valence-electron chi connectivity index (χ4n) is 3.23. The van der Waals surface area contributed by atoms with Crippen LogP contribution < -0.4 is 5.32 Å². The molecule has 19 heavy (non-hydrogen) atoms. The molecule has 2 atom stereocenters. The molecule has 1 aromatic carbocycles. The fraction of sp³-hybridized carbons (Fsp3) is 0.429. The van der Waals surface area contributed by atoms with Crippen molar-refractivity contribution in [2.24, 2.45) is 17.8 Å². The Morgan fingerprint density at radius 2 is 1.89 bits per heavy atom. The van der Waals surface area contributed by atoms with Gasteiger partial charge in [0.25, 0.3) is 0 Å². The normalized spacial score (nSPS) is 27.7. The second-order valence-electron chi connectivity index (χ2n) is 5.31. The van der Waals surface area contributed by atoms with Crippen LogP contribution in [-0.4, -0.2) is 22.1 Å². The van der Waals surface area contributed by atoms with Gasteiger partial charge in [-0.1, -0.05) is 6.42 Å². The molecule has 0 spiro atoms. The number of amides is 1. The first-order chi connectivity index (χ1) is 9.08. The van der Waals surface area contributed by atoms with Gasteiger partial charge in [-0.3, -0.25) is 4.79 Å². The summed E-state index contributed by atoms with van der Waals surface area (Å²) in [5.74, 6) is -0.362. The Balaban J connectivity index is 1.69. The van der Waals surface area contributed by atoms with Crippen molar-refractivity contribution in [2.75, 3.05) is 5.32 Å². The molecule has 2 fully saturated rings. The van der Waals surface area contributed by atoms with Crippen molar-refractivity contribution in [3.8, 4) is 5.75 Å². The average Bonchev–Trinajstić information content (AvgIpc) is 2.83. The number of phenols is 1. The first-order valence-corrected chi connectivity index (χ1v) is 6.45. The average molecular weight is 261 g/mol. The van der Waals surface area contributed by atoms with Crippen LogP contribution in [0.2, 0.25) is 0 Å². The highest BCUT2D eigenvalue weighted by Crippen LogP contribution is 2.57. The highest BCUT2D eigenvalue weighted by molar-refractivity contribution is 5.96. The Bertz CT molecular complexity index is 544. The summed E-state index contributed by atoms with van der Waals surface area (Å²) in [4.78, 5) is 22.8. The maximum Gasteiger partial charge on any atom is 0.339 e. The van der Waals surface area contributed by atoms with Crippen LogP contribution in [0.1, 0.15) is 29.6 Å². The van der Waals surface area contributed by atoms with E-state index in [0.717, 1.165) is 12.8 Å². The highest BCUT2D eigenvalue weighted by atomic mass is 16.4. The topological polar surface area (TPSA) is 86.6 Å². The minimum absolute atomic E-state index is 0.0165. The Hall–Kier alpha value is -2.04. The van der Waals surface area contributed by atoms with Gasteiger partial charge < -0.3 is 15.5 Å². The molecule has 0 saturated heterocycles. The smallest absolute Gasteiger partial charge is 0.339 e. The van der Waals surface area contributed by atoms with Crippen molar-refractivity contribution in [3.63, 3.8) is 0 Å². The van der Waals surface area contributed by atoms with Crippen LogP contribution >= 0.6 is 0 Å². The number of carboxylic acids is 1. The van der Waals surface area contributed by atoms with Gasteiger partial charge in [0.1, 0.15) is 11.3 Å². The summed E-state index contributed by atoms with van der Waals surface area (Å²) in [6.45, 7) is 0. The number of carbonyl (C=O) groups is 2. The number of nitrogens with one attached hydrogen (secondary N) is 1. The third kappa shape index (κ3) is 2.05. The van der Waals surface area contributed by atoms with Gasteiger partial charge in [-0.2, -0.15) is 0 Å². The number of carbonyl (C=O) groups excluding carboxylic acids is 1. The van der Waals surface area contributed by atoms with Gasteiger partial charge in [0.05, 0.1) is 0 Å². The van der Waals surface area contributed by atoms with E-state index < -0.39 is 5.97 Å². The van der Waals surface area contributed by atoms with Gasteiger partial charge >= 0.3 is 5.97 Å². The van der Waals surface area contributed by atoms with Gasteiger partial charge in [0.15, 0.2) is 0 Å². The Morgan fingerprint density at radius 1 is 1.21 bits per heavy atom. The van der Waals surface area contributed by atoms with Crippen molar-refractivity contribution in [3.05, 3.63) is 23.8 Å². The number of carboxylic acid groups (broad SMARTS) is 1. The predicted molar refractivity (Wildman–Crippen MR) is 68.0 cm³/mol. The lowest BCUT2D eigenvalue weighted by molar-refractivity contribution is -0.118. The number of rotatable bonds is 3. The fourth-order valence-corrected chi connectivity index (χ4v) is 3.23. The van der Waals surface area contributed by atoms with Crippen LogP contribution in [0.25, 0.3) is 0 Å². The molecule has 3 rings (SSSR count). The molecule has 100 valence electrons. The van der Waals surface area contributed by atoms with E-state index in [1.807, 2.05) is 0 Å². The molecule has 2 aliphatic carbocycles. The summed E-state index contributed by atoms with van der Waals surface area (Å²) in [7, 11) is 0. The van der Waals surface area contributed by atoms with Crippen LogP contribution in [-0.2, 0) is 4.79 Å². The molecule has 1 amide bonds. The molecule has 2 aliphatic rings. The maximum atomic E-state index is 12.0. The van der Waals surface area contributed by atoms with Crippen molar-refractivity contribution in [1.29, 1.82) is 0 Å². The number of anilines is 1. The quantitative estimate of drug-likeness (QED) is 0.777. The standard InChI is InChI=1S/C14H15NO4/c16-11-6-7(4-5-10(11)14(18)19)15-13(17)12-8-2-1-3-9(8)12/h4-6,8-9,12,16H,1-3H2,(H,15,17)(H,18,19). The number of fused-ring (bicyclic) bond motifs is 1. The van der Waals surface area contributed by atoms with E-state index in [2.05, 4.69) is 5.32 Å². The zero-order valence-electron chi connectivity index (χ0n) is 10.3. The molecule has 0 bridgehead atoms. The zero-order valence-corrected chi connectivity index (χ0v) is 10.3. The highest BCUT2D eigenvalue weighted by Gasteiger charge is 2.56. The molecule has 2 saturated carbocycles. The van der Waals surface area contributed by atoms with Gasteiger partial charge in [-0.05, 0) is 36.8 Å². The zero-order chi connectivity index (χ0) is 13.6. The lowest BCUT2D eigenvalue weighted by Gasteiger charge is -2.08. The van der Waals surface area contributed by atoms with E-state index in [-0.39, 0.29) is 23.1 Å². The van der Waals surface area contributed by atoms with E-state index in [9.17, 15) is 14.7 Å². The molecule has 0 aromatic heterocycles. The monoisotopic (exact) mass is 261 g/mol. The Morgan fingerprint density at radius 3 is 2.47 bits per heavy atom. The predicted octanol–water partition coefficient (Wildman–Crippen LogP) is 2.07. The van der Waals surface area contributed by atoms with Gasteiger partial charge in [-0.25, -0.2) is 4.79 Å². The molecule has 1 aromatic rings. The summed E-state index contributed by atoms with van der Waals surface area (Å²) >= 11 is 0. The molecule has 2 unspecified atom stereocenters. The summed E-state index contributed by atoms with van der Waals surface area (Å²) < 4.78 is 0. The third-order valence-corrected chi connectivity index (χ3v) is 4.20. The van der Waals surface area contributed by atoms with E-state index in [1.165, 1.54) is 24.6 Å². The van der Waals surface area contributed by atoms with E-state index in [1.54, 1.807) is 0 Å². The number of benzene rings is 1. The first kappa shape index (κ1) is 12.0. The van der Waals surface area contributed by atoms with E-state index in [4.69, 9.17) is 5.11 Å². The second-order valence-corrected chi connectivity index (χ2v) is 5.31. The summed E-state index contributed by atoms with van der Waals surface area (Å²) in [5, 5.41) is 21.1. The lowest BCUT2D eigenvalue weighted by Crippen LogP contribution is -2.16. The minimum atomic E-state index is -1.19. The van der Waals surface area contributed by atoms with Gasteiger partial charge in [-0.15, -0.1) is 0 Å². The van der Waals surface area contributed by atoms with E-state index in [0.29, 0.717) is 17.5 Å². The Labute approximate surface area is 110 Å². The third-order valence-electron chi connectivity index (χ3n) is 4.20. The molecule has 0 heterocycles. The van der Waals surface area contributed by atoms with Crippen LogP contribution in [0, 0.1) is 17.8 Å². The Kier molecular flexibility index (Phi) is 2.69. The molecular formula is C14H15NO4. The molecular weight excluding hydrogens is 246 g/mol. The molecule has 5 nitrogen and oxygen atoms in total. The van der Waals surface area contributed by atoms with Crippen molar-refractivity contribution < 1.29 is 19.8 Å². The number of aromatic carboxylic acids is 1. The van der Waals surface area contributed by atoms with Crippen LogP contribution in [0.5, 0.6) is 5.75 Å². The summed E-state index contributed by atoms with van der Waals surface area (Å²) in [6, 6.07) is 4.07. The van der Waals surface area contributed by atoms with Crippen LogP contribution in [0.4, 0.5) is 5.69 Å². The second kappa shape index (κ2) is 4.26. The molecule has 5 heteroatoms. The number of hydrogen-bond donors (Lipinski definition) is 3. The SMILES string of the molecule is O=C(O)c1ccc(NC(=O)C2C3CCCC32)cc1O. The molecule has 0 aliphatic heterocycles. The van der Waals surface area contributed by atoms with Gasteiger partial charge in [0.2, 0.25) is 5.91 Å². The van der Waals surface area contributed by atoms with Crippen molar-refractivity contribution in [2.45, 2.75) is 19.3 Å². The lowest BCUT2D eigenvalue weighted by atomic mass is 10.1. The summed E-state index contributed by atoms with van der Waals surface area (Å²) in [6.07, 6.45) is 3.48. The summed E-state index contributed by atoms with van der Waals surface area (Å²) in [5.41, 5.74) is 0.277. The number of hydrogen-bond acceptors (Lipinski definition) is 3. The largest absolute Gasteiger partial charge is 0.507 e. The number of aromatic hydroxyl groups is 1. The van der Waals surface area contributed by atoms with E-state index >= 15 is 0 Å². The van der Waals surface area contributed by atoms with Crippen molar-refractivity contribution in [1.82, 2.24) is 0 Å².